The number of hydrogen-bond acceptors (Lipinski definition) is 7. The standard InChI is InChI=1S/C27H18Cl2N2O5S/c1-13-24(14(2)32)25(21-8-7-19(36-21)16-4-5-17(28)18(29)11-16)31-26(33)23(37-27(31)30-13)10-15-3-6-20-22(9-15)35-12-34-20/h3-11,25H,12H2,1-2H3/b23-10+/t25-/m1/s1. The van der Waals surface area contributed by atoms with Crippen LogP contribution < -0.4 is 24.4 Å². The molecule has 2 aromatic heterocycles. The van der Waals surface area contributed by atoms with Crippen molar-refractivity contribution in [2.45, 2.75) is 19.9 Å². The average molecular weight is 553 g/mol. The van der Waals surface area contributed by atoms with Crippen LogP contribution in [0.5, 0.6) is 11.5 Å². The fourth-order valence-corrected chi connectivity index (χ4v) is 5.84. The van der Waals surface area contributed by atoms with Gasteiger partial charge in [-0.1, -0.05) is 40.6 Å². The van der Waals surface area contributed by atoms with E-state index in [-0.39, 0.29) is 18.1 Å². The smallest absolute Gasteiger partial charge is 0.271 e. The summed E-state index contributed by atoms with van der Waals surface area (Å²) in [6.45, 7) is 3.40. The average Bonchev–Trinajstić information content (AvgIpc) is 3.59. The van der Waals surface area contributed by atoms with Gasteiger partial charge in [0, 0.05) is 16.8 Å². The fraction of sp³-hybridized carbons (Fsp3) is 0.148. The normalized spacial score (nSPS) is 16.6. The lowest BCUT2D eigenvalue weighted by atomic mass is 9.98. The number of ketones is 1. The maximum absolute atomic E-state index is 13.7. The van der Waals surface area contributed by atoms with Gasteiger partial charge in [0.05, 0.1) is 14.6 Å². The summed E-state index contributed by atoms with van der Waals surface area (Å²) in [6, 6.07) is 13.4. The van der Waals surface area contributed by atoms with Gasteiger partial charge in [-0.25, -0.2) is 4.99 Å². The molecular weight excluding hydrogens is 535 g/mol. The number of halogens is 2. The highest BCUT2D eigenvalue weighted by atomic mass is 35.5. The van der Waals surface area contributed by atoms with Gasteiger partial charge in [-0.15, -0.1) is 0 Å². The number of rotatable bonds is 4. The van der Waals surface area contributed by atoms with Gasteiger partial charge < -0.3 is 13.9 Å². The number of carbonyl (C=O) groups is 1. The van der Waals surface area contributed by atoms with E-state index in [9.17, 15) is 9.59 Å². The number of allylic oxidation sites excluding steroid dienone is 2. The Balaban J connectivity index is 1.49. The van der Waals surface area contributed by atoms with Gasteiger partial charge in [0.2, 0.25) is 6.79 Å². The SMILES string of the molecule is CC(=O)C1=C(C)N=c2s/c(=C/c3ccc4c(c3)OCO4)c(=O)n2[C@@H]1c1ccc(-c2ccc(Cl)c(Cl)c2)o1. The van der Waals surface area contributed by atoms with Crippen molar-refractivity contribution in [3.63, 3.8) is 0 Å². The zero-order chi connectivity index (χ0) is 25.8. The highest BCUT2D eigenvalue weighted by Crippen LogP contribution is 2.36. The Morgan fingerprint density at radius 2 is 1.89 bits per heavy atom. The van der Waals surface area contributed by atoms with Crippen molar-refractivity contribution in [1.82, 2.24) is 4.57 Å². The third kappa shape index (κ3) is 4.11. The Bertz CT molecular complexity index is 1810. The number of nitrogens with zero attached hydrogens (tertiary/aromatic N) is 2. The molecule has 7 nitrogen and oxygen atoms in total. The third-order valence-corrected chi connectivity index (χ3v) is 7.92. The minimum absolute atomic E-state index is 0.168. The molecule has 0 radical (unpaired) electrons. The zero-order valence-corrected chi connectivity index (χ0v) is 21.9. The van der Waals surface area contributed by atoms with E-state index in [0.29, 0.717) is 53.7 Å². The predicted molar refractivity (Wildman–Crippen MR) is 141 cm³/mol. The summed E-state index contributed by atoms with van der Waals surface area (Å²) in [7, 11) is 0. The molecule has 0 unspecified atom stereocenters. The predicted octanol–water partition coefficient (Wildman–Crippen LogP) is 5.12. The summed E-state index contributed by atoms with van der Waals surface area (Å²) >= 11 is 13.5. The Kier molecular flexibility index (Phi) is 5.82. The van der Waals surface area contributed by atoms with E-state index in [2.05, 4.69) is 4.99 Å². The number of thiazole rings is 1. The molecule has 10 heteroatoms. The maximum atomic E-state index is 13.7. The van der Waals surface area contributed by atoms with Gasteiger partial charge in [0.25, 0.3) is 5.56 Å². The number of benzene rings is 2. The first-order valence-electron chi connectivity index (χ1n) is 11.3. The number of ether oxygens (including phenoxy) is 2. The van der Waals surface area contributed by atoms with E-state index < -0.39 is 6.04 Å². The second-order valence-electron chi connectivity index (χ2n) is 8.58. The van der Waals surface area contributed by atoms with E-state index in [4.69, 9.17) is 37.1 Å². The molecule has 4 aromatic rings. The summed E-state index contributed by atoms with van der Waals surface area (Å²) in [6.07, 6.45) is 1.78. The summed E-state index contributed by atoms with van der Waals surface area (Å²) in [5.74, 6) is 2.07. The fourth-order valence-electron chi connectivity index (χ4n) is 4.50. The zero-order valence-electron chi connectivity index (χ0n) is 19.6. The molecule has 0 amide bonds. The van der Waals surface area contributed by atoms with Crippen LogP contribution in [0.3, 0.4) is 0 Å². The summed E-state index contributed by atoms with van der Waals surface area (Å²) in [5.41, 5.74) is 2.18. The summed E-state index contributed by atoms with van der Waals surface area (Å²) in [5, 5.41) is 0.831. The molecule has 2 aromatic carbocycles. The van der Waals surface area contributed by atoms with Gasteiger partial charge >= 0.3 is 0 Å². The van der Waals surface area contributed by atoms with Crippen LogP contribution in [0.4, 0.5) is 0 Å². The quantitative estimate of drug-likeness (QED) is 0.351. The molecule has 0 bridgehead atoms. The van der Waals surface area contributed by atoms with Crippen LogP contribution in [0.1, 0.15) is 31.2 Å². The van der Waals surface area contributed by atoms with E-state index in [1.807, 2.05) is 12.1 Å². The van der Waals surface area contributed by atoms with Gasteiger partial charge in [0.15, 0.2) is 22.1 Å². The molecular formula is C27H18Cl2N2O5S. The van der Waals surface area contributed by atoms with Crippen molar-refractivity contribution in [2.24, 2.45) is 4.99 Å². The van der Waals surface area contributed by atoms with Gasteiger partial charge in [-0.3, -0.25) is 14.2 Å². The topological polar surface area (TPSA) is 83.0 Å². The largest absolute Gasteiger partial charge is 0.458 e. The number of aromatic nitrogens is 1. The second kappa shape index (κ2) is 9.06. The molecule has 0 spiro atoms. The molecule has 0 aliphatic carbocycles. The Morgan fingerprint density at radius 3 is 2.68 bits per heavy atom. The number of carbonyl (C=O) groups excluding carboxylic acids is 1. The molecule has 2 aliphatic heterocycles. The van der Waals surface area contributed by atoms with Crippen LogP contribution in [-0.4, -0.2) is 17.1 Å². The van der Waals surface area contributed by atoms with Crippen molar-refractivity contribution in [2.75, 3.05) is 6.79 Å². The van der Waals surface area contributed by atoms with Crippen molar-refractivity contribution in [1.29, 1.82) is 0 Å². The van der Waals surface area contributed by atoms with Crippen molar-refractivity contribution in [3.05, 3.63) is 101 Å². The van der Waals surface area contributed by atoms with E-state index >= 15 is 0 Å². The summed E-state index contributed by atoms with van der Waals surface area (Å²) in [4.78, 5) is 31.5. The first kappa shape index (κ1) is 23.8. The van der Waals surface area contributed by atoms with E-state index in [0.717, 1.165) is 11.1 Å². The molecule has 37 heavy (non-hydrogen) atoms. The number of furan rings is 1. The van der Waals surface area contributed by atoms with Crippen LogP contribution in [0.2, 0.25) is 10.0 Å². The molecule has 1 atom stereocenters. The molecule has 0 saturated carbocycles. The highest BCUT2D eigenvalue weighted by molar-refractivity contribution is 7.07. The Labute approximate surface area is 224 Å². The third-order valence-electron chi connectivity index (χ3n) is 6.20. The molecule has 0 saturated heterocycles. The lowest BCUT2D eigenvalue weighted by Gasteiger charge is -2.22. The minimum Gasteiger partial charge on any atom is -0.458 e. The number of hydrogen-bond donors (Lipinski definition) is 0. The first-order chi connectivity index (χ1) is 17.8. The number of Topliss-reactive ketones (excluding diaryl/α,β-unsaturated/α-hetero) is 1. The molecule has 0 fully saturated rings. The Hall–Kier alpha value is -3.59. The molecule has 0 N–H and O–H groups in total. The highest BCUT2D eigenvalue weighted by Gasteiger charge is 2.33. The monoisotopic (exact) mass is 552 g/mol. The Morgan fingerprint density at radius 1 is 1.08 bits per heavy atom. The molecule has 186 valence electrons. The summed E-state index contributed by atoms with van der Waals surface area (Å²) < 4.78 is 19.0. The second-order valence-corrected chi connectivity index (χ2v) is 10.4. The van der Waals surface area contributed by atoms with Crippen LogP contribution in [0.25, 0.3) is 17.4 Å². The van der Waals surface area contributed by atoms with Crippen LogP contribution >= 0.6 is 34.5 Å². The lowest BCUT2D eigenvalue weighted by molar-refractivity contribution is -0.114. The van der Waals surface area contributed by atoms with Crippen LogP contribution in [0.15, 0.2) is 74.0 Å². The number of fused-ring (bicyclic) bond motifs is 2. The van der Waals surface area contributed by atoms with E-state index in [1.54, 1.807) is 49.4 Å². The maximum Gasteiger partial charge on any atom is 0.271 e. The molecule has 4 heterocycles. The van der Waals surface area contributed by atoms with Gasteiger partial charge in [-0.05, 0) is 68.0 Å². The molecule has 6 rings (SSSR count). The van der Waals surface area contributed by atoms with Gasteiger partial charge in [0.1, 0.15) is 17.6 Å². The van der Waals surface area contributed by atoms with Crippen molar-refractivity contribution < 1.29 is 18.7 Å². The lowest BCUT2D eigenvalue weighted by Crippen LogP contribution is -2.39. The minimum atomic E-state index is -0.760. The van der Waals surface area contributed by atoms with Gasteiger partial charge in [-0.2, -0.15) is 0 Å². The first-order valence-corrected chi connectivity index (χ1v) is 12.9. The van der Waals surface area contributed by atoms with Crippen LogP contribution in [-0.2, 0) is 4.79 Å². The van der Waals surface area contributed by atoms with E-state index in [1.165, 1.54) is 22.8 Å². The molecule has 2 aliphatic rings. The van der Waals surface area contributed by atoms with Crippen LogP contribution in [0, 0.1) is 0 Å². The van der Waals surface area contributed by atoms with Crippen molar-refractivity contribution in [3.8, 4) is 22.8 Å². The van der Waals surface area contributed by atoms with Crippen molar-refractivity contribution >= 4 is 46.4 Å².